The molecule has 134 valence electrons. The summed E-state index contributed by atoms with van der Waals surface area (Å²) in [6.45, 7) is 6.38. The Morgan fingerprint density at radius 1 is 1.36 bits per heavy atom. The molecular formula is C20H26N2O3. The molecule has 25 heavy (non-hydrogen) atoms. The fourth-order valence-electron chi connectivity index (χ4n) is 3.92. The summed E-state index contributed by atoms with van der Waals surface area (Å²) in [6.07, 6.45) is 1.94. The molecule has 2 heterocycles. The zero-order valence-electron chi connectivity index (χ0n) is 15.1. The summed E-state index contributed by atoms with van der Waals surface area (Å²) in [4.78, 5) is 15.0. The molecule has 3 atom stereocenters. The number of carbonyl (C=O) groups is 1. The standard InChI is InChI=1S/C20H26N2O3/c1-13(19-14(2)21-25-15(19)3)20(24)22-11-7-10-17(22)12-18(23)16-8-5-4-6-9-16/h4-6,8-9,13,17-18,23H,7,10-12H2,1-3H3. The Balaban J connectivity index is 1.72. The molecule has 1 fully saturated rings. The third kappa shape index (κ3) is 3.61. The van der Waals surface area contributed by atoms with Crippen LogP contribution in [0.4, 0.5) is 0 Å². The van der Waals surface area contributed by atoms with E-state index < -0.39 is 6.10 Å². The maximum atomic E-state index is 13.1. The summed E-state index contributed by atoms with van der Waals surface area (Å²) >= 11 is 0. The minimum absolute atomic E-state index is 0.0747. The molecule has 1 amide bonds. The van der Waals surface area contributed by atoms with Crippen LogP contribution in [0.3, 0.4) is 0 Å². The Morgan fingerprint density at radius 3 is 2.72 bits per heavy atom. The van der Waals surface area contributed by atoms with Gasteiger partial charge in [-0.1, -0.05) is 35.5 Å². The second-order valence-electron chi connectivity index (χ2n) is 6.95. The number of aliphatic hydroxyl groups is 1. The number of hydrogen-bond acceptors (Lipinski definition) is 4. The van der Waals surface area contributed by atoms with Gasteiger partial charge in [-0.15, -0.1) is 0 Å². The molecule has 3 unspecified atom stereocenters. The average molecular weight is 342 g/mol. The lowest BCUT2D eigenvalue weighted by Gasteiger charge is -2.29. The number of carbonyl (C=O) groups excluding carboxylic acids is 1. The fraction of sp³-hybridized carbons (Fsp3) is 0.500. The topological polar surface area (TPSA) is 66.6 Å². The van der Waals surface area contributed by atoms with Crippen molar-refractivity contribution in [3.05, 3.63) is 52.9 Å². The molecule has 1 N–H and O–H groups in total. The highest BCUT2D eigenvalue weighted by Gasteiger charge is 2.35. The molecular weight excluding hydrogens is 316 g/mol. The Kier molecular flexibility index (Phi) is 5.23. The number of aromatic nitrogens is 1. The van der Waals surface area contributed by atoms with E-state index in [4.69, 9.17) is 4.52 Å². The van der Waals surface area contributed by atoms with E-state index in [1.54, 1.807) is 0 Å². The van der Waals surface area contributed by atoms with Crippen LogP contribution in [-0.4, -0.2) is 33.7 Å². The molecule has 0 saturated carbocycles. The SMILES string of the molecule is Cc1noc(C)c1C(C)C(=O)N1CCCC1CC(O)c1ccccc1. The first-order valence-corrected chi connectivity index (χ1v) is 8.95. The quantitative estimate of drug-likeness (QED) is 0.903. The number of rotatable bonds is 5. The van der Waals surface area contributed by atoms with Gasteiger partial charge in [0, 0.05) is 18.2 Å². The van der Waals surface area contributed by atoms with Gasteiger partial charge in [0.25, 0.3) is 0 Å². The summed E-state index contributed by atoms with van der Waals surface area (Å²) in [6, 6.07) is 9.72. The number of benzene rings is 1. The number of hydrogen-bond donors (Lipinski definition) is 1. The van der Waals surface area contributed by atoms with Gasteiger partial charge in [0.2, 0.25) is 5.91 Å². The number of likely N-dealkylation sites (tertiary alicyclic amines) is 1. The lowest BCUT2D eigenvalue weighted by molar-refractivity contribution is -0.133. The largest absolute Gasteiger partial charge is 0.388 e. The van der Waals surface area contributed by atoms with Crippen LogP contribution in [0.25, 0.3) is 0 Å². The summed E-state index contributed by atoms with van der Waals surface area (Å²) in [5, 5.41) is 14.5. The van der Waals surface area contributed by atoms with Crippen LogP contribution in [0.5, 0.6) is 0 Å². The average Bonchev–Trinajstić information content (AvgIpc) is 3.21. The smallest absolute Gasteiger partial charge is 0.230 e. The van der Waals surface area contributed by atoms with Crippen molar-refractivity contribution in [1.29, 1.82) is 0 Å². The monoisotopic (exact) mass is 342 g/mol. The van der Waals surface area contributed by atoms with E-state index in [-0.39, 0.29) is 17.9 Å². The van der Waals surface area contributed by atoms with Gasteiger partial charge in [-0.3, -0.25) is 4.79 Å². The van der Waals surface area contributed by atoms with E-state index in [0.717, 1.165) is 36.2 Å². The van der Waals surface area contributed by atoms with Crippen LogP contribution >= 0.6 is 0 Å². The third-order valence-electron chi connectivity index (χ3n) is 5.23. The lowest BCUT2D eigenvalue weighted by Crippen LogP contribution is -2.39. The molecule has 1 aromatic carbocycles. The molecule has 0 spiro atoms. The minimum atomic E-state index is -0.547. The highest BCUT2D eigenvalue weighted by Crippen LogP contribution is 2.32. The summed E-state index contributed by atoms with van der Waals surface area (Å²) in [5.74, 6) is 0.524. The fourth-order valence-corrected chi connectivity index (χ4v) is 3.92. The van der Waals surface area contributed by atoms with E-state index in [0.29, 0.717) is 12.2 Å². The zero-order chi connectivity index (χ0) is 18.0. The van der Waals surface area contributed by atoms with Crippen LogP contribution in [0.1, 0.15) is 60.8 Å². The highest BCUT2D eigenvalue weighted by atomic mass is 16.5. The van der Waals surface area contributed by atoms with Gasteiger partial charge in [-0.25, -0.2) is 0 Å². The van der Waals surface area contributed by atoms with Crippen molar-refractivity contribution < 1.29 is 14.4 Å². The number of aryl methyl sites for hydroxylation is 2. The molecule has 3 rings (SSSR count). The van der Waals surface area contributed by atoms with Gasteiger partial charge in [0.05, 0.1) is 17.7 Å². The third-order valence-corrected chi connectivity index (χ3v) is 5.23. The summed E-state index contributed by atoms with van der Waals surface area (Å²) < 4.78 is 5.22. The predicted molar refractivity (Wildman–Crippen MR) is 95.1 cm³/mol. The normalized spacial score (nSPS) is 19.8. The maximum Gasteiger partial charge on any atom is 0.230 e. The first-order chi connectivity index (χ1) is 12.0. The maximum absolute atomic E-state index is 13.1. The van der Waals surface area contributed by atoms with Crippen molar-refractivity contribution in [3.8, 4) is 0 Å². The highest BCUT2D eigenvalue weighted by molar-refractivity contribution is 5.84. The Labute approximate surface area is 148 Å². The van der Waals surface area contributed by atoms with Crippen molar-refractivity contribution in [1.82, 2.24) is 10.1 Å². The second-order valence-corrected chi connectivity index (χ2v) is 6.95. The van der Waals surface area contributed by atoms with Crippen molar-refractivity contribution >= 4 is 5.91 Å². The molecule has 5 heteroatoms. The molecule has 1 aliphatic heterocycles. The number of amides is 1. The molecule has 0 radical (unpaired) electrons. The van der Waals surface area contributed by atoms with Gasteiger partial charge >= 0.3 is 0 Å². The molecule has 1 aliphatic rings. The van der Waals surface area contributed by atoms with E-state index >= 15 is 0 Å². The van der Waals surface area contributed by atoms with Crippen molar-refractivity contribution in [2.75, 3.05) is 6.54 Å². The lowest BCUT2D eigenvalue weighted by atomic mass is 9.96. The van der Waals surface area contributed by atoms with Gasteiger partial charge < -0.3 is 14.5 Å². The molecule has 0 bridgehead atoms. The molecule has 5 nitrogen and oxygen atoms in total. The van der Waals surface area contributed by atoms with Crippen LogP contribution in [0, 0.1) is 13.8 Å². The molecule has 1 aromatic heterocycles. The molecule has 1 saturated heterocycles. The minimum Gasteiger partial charge on any atom is -0.388 e. The van der Waals surface area contributed by atoms with Crippen molar-refractivity contribution in [2.24, 2.45) is 0 Å². The van der Waals surface area contributed by atoms with Gasteiger partial charge in [-0.05, 0) is 45.6 Å². The molecule has 2 aromatic rings. The van der Waals surface area contributed by atoms with Crippen LogP contribution < -0.4 is 0 Å². The molecule has 0 aliphatic carbocycles. The van der Waals surface area contributed by atoms with E-state index in [2.05, 4.69) is 5.16 Å². The summed E-state index contributed by atoms with van der Waals surface area (Å²) in [5.41, 5.74) is 2.57. The van der Waals surface area contributed by atoms with E-state index in [1.165, 1.54) is 0 Å². The van der Waals surface area contributed by atoms with Gasteiger partial charge in [0.15, 0.2) is 0 Å². The first-order valence-electron chi connectivity index (χ1n) is 8.95. The second kappa shape index (κ2) is 7.40. The predicted octanol–water partition coefficient (Wildman–Crippen LogP) is 3.51. The first kappa shape index (κ1) is 17.7. The van der Waals surface area contributed by atoms with Gasteiger partial charge in [-0.2, -0.15) is 0 Å². The Hall–Kier alpha value is -2.14. The Bertz CT molecular complexity index is 706. The van der Waals surface area contributed by atoms with Crippen LogP contribution in [0.15, 0.2) is 34.9 Å². The zero-order valence-corrected chi connectivity index (χ0v) is 15.1. The van der Waals surface area contributed by atoms with Crippen molar-refractivity contribution in [3.63, 3.8) is 0 Å². The van der Waals surface area contributed by atoms with Crippen LogP contribution in [-0.2, 0) is 4.79 Å². The number of aliphatic hydroxyl groups excluding tert-OH is 1. The van der Waals surface area contributed by atoms with E-state index in [9.17, 15) is 9.90 Å². The Morgan fingerprint density at radius 2 is 2.08 bits per heavy atom. The van der Waals surface area contributed by atoms with Crippen molar-refractivity contribution in [2.45, 2.75) is 58.1 Å². The van der Waals surface area contributed by atoms with Gasteiger partial charge in [0.1, 0.15) is 5.76 Å². The van der Waals surface area contributed by atoms with E-state index in [1.807, 2.05) is 56.0 Å². The van der Waals surface area contributed by atoms with Crippen LogP contribution in [0.2, 0.25) is 0 Å². The number of nitrogens with zero attached hydrogens (tertiary/aromatic N) is 2. The summed E-state index contributed by atoms with van der Waals surface area (Å²) in [7, 11) is 0.